The predicted octanol–water partition coefficient (Wildman–Crippen LogP) is 1.69. The van der Waals surface area contributed by atoms with Gasteiger partial charge in [-0.1, -0.05) is 0 Å². The molecule has 0 bridgehead atoms. The van der Waals surface area contributed by atoms with Crippen LogP contribution in [0.2, 0.25) is 0 Å². The lowest BCUT2D eigenvalue weighted by Crippen LogP contribution is -2.34. The summed E-state index contributed by atoms with van der Waals surface area (Å²) in [7, 11) is 3.55. The molecule has 0 fully saturated rings. The van der Waals surface area contributed by atoms with Gasteiger partial charge in [0.15, 0.2) is 17.5 Å². The summed E-state index contributed by atoms with van der Waals surface area (Å²) >= 11 is 0. The second kappa shape index (κ2) is 5.13. The van der Waals surface area contributed by atoms with Crippen molar-refractivity contribution in [3.63, 3.8) is 0 Å². The average Bonchev–Trinajstić information content (AvgIpc) is 2.65. The van der Waals surface area contributed by atoms with E-state index in [1.807, 2.05) is 6.07 Å². The number of benzene rings is 1. The molecule has 0 radical (unpaired) electrons. The van der Waals surface area contributed by atoms with Crippen LogP contribution < -0.4 is 0 Å². The molecule has 0 saturated carbocycles. The molecular formula is C13H12F3N3O. The molecule has 0 aromatic heterocycles. The third-order valence-corrected chi connectivity index (χ3v) is 3.18. The molecule has 1 aliphatic heterocycles. The number of carbonyl (C=O) groups is 1. The summed E-state index contributed by atoms with van der Waals surface area (Å²) in [4.78, 5) is 15.0. The van der Waals surface area contributed by atoms with Gasteiger partial charge in [0, 0.05) is 18.7 Å². The fourth-order valence-electron chi connectivity index (χ4n) is 2.15. The first-order valence-corrected chi connectivity index (χ1v) is 5.91. The molecule has 1 atom stereocenters. The average molecular weight is 283 g/mol. The Balaban J connectivity index is 2.47. The van der Waals surface area contributed by atoms with E-state index in [1.54, 1.807) is 19.0 Å². The molecule has 7 heteroatoms. The minimum atomic E-state index is -1.69. The SMILES string of the molecule is CN(C)CCN1C(=O)c2c(cc(F)c(F)c2F)C1C#N. The van der Waals surface area contributed by atoms with Gasteiger partial charge in [-0.05, 0) is 20.2 Å². The molecular weight excluding hydrogens is 271 g/mol. The van der Waals surface area contributed by atoms with Crippen molar-refractivity contribution in [3.05, 3.63) is 34.6 Å². The molecule has 2 rings (SSSR count). The Labute approximate surface area is 114 Å². The number of fused-ring (bicyclic) bond motifs is 1. The Bertz CT molecular complexity index is 610. The molecule has 1 aromatic carbocycles. The quantitative estimate of drug-likeness (QED) is 0.793. The Morgan fingerprint density at radius 3 is 2.55 bits per heavy atom. The van der Waals surface area contributed by atoms with Crippen molar-refractivity contribution >= 4 is 5.91 Å². The number of carbonyl (C=O) groups excluding carboxylic acids is 1. The molecule has 1 unspecified atom stereocenters. The van der Waals surface area contributed by atoms with Gasteiger partial charge in [0.25, 0.3) is 5.91 Å². The largest absolute Gasteiger partial charge is 0.317 e. The topological polar surface area (TPSA) is 47.3 Å². The fraction of sp³-hybridized carbons (Fsp3) is 0.385. The fourth-order valence-corrected chi connectivity index (χ4v) is 2.15. The summed E-state index contributed by atoms with van der Waals surface area (Å²) in [6.07, 6.45) is 0. The summed E-state index contributed by atoms with van der Waals surface area (Å²) in [6.45, 7) is 0.617. The molecule has 0 N–H and O–H groups in total. The Morgan fingerprint density at radius 1 is 1.35 bits per heavy atom. The van der Waals surface area contributed by atoms with Crippen LogP contribution >= 0.6 is 0 Å². The highest BCUT2D eigenvalue weighted by molar-refractivity contribution is 6.00. The van der Waals surface area contributed by atoms with Crippen molar-refractivity contribution in [2.75, 3.05) is 27.2 Å². The Morgan fingerprint density at radius 2 is 2.00 bits per heavy atom. The maximum Gasteiger partial charge on any atom is 0.258 e. The van der Waals surface area contributed by atoms with Crippen LogP contribution in [0.5, 0.6) is 0 Å². The van der Waals surface area contributed by atoms with Gasteiger partial charge in [0.1, 0.15) is 6.04 Å². The summed E-state index contributed by atoms with van der Waals surface area (Å²) < 4.78 is 40.2. The number of nitrogens with zero attached hydrogens (tertiary/aromatic N) is 3. The van der Waals surface area contributed by atoms with Crippen molar-refractivity contribution in [3.8, 4) is 6.07 Å². The third kappa shape index (κ3) is 2.12. The monoisotopic (exact) mass is 283 g/mol. The second-order valence-corrected chi connectivity index (χ2v) is 4.78. The van der Waals surface area contributed by atoms with E-state index in [9.17, 15) is 18.0 Å². The van der Waals surface area contributed by atoms with E-state index in [-0.39, 0.29) is 12.1 Å². The normalized spacial score (nSPS) is 17.6. The van der Waals surface area contributed by atoms with Gasteiger partial charge in [0.05, 0.1) is 11.6 Å². The van der Waals surface area contributed by atoms with Crippen LogP contribution in [0.3, 0.4) is 0 Å². The zero-order valence-electron chi connectivity index (χ0n) is 11.0. The van der Waals surface area contributed by atoms with E-state index < -0.39 is 35.0 Å². The van der Waals surface area contributed by atoms with Crippen molar-refractivity contribution in [1.29, 1.82) is 5.26 Å². The van der Waals surface area contributed by atoms with Gasteiger partial charge in [-0.2, -0.15) is 5.26 Å². The number of hydrogen-bond acceptors (Lipinski definition) is 3. The minimum absolute atomic E-state index is 0.118. The van der Waals surface area contributed by atoms with Crippen LogP contribution in [-0.2, 0) is 0 Å². The number of halogens is 3. The van der Waals surface area contributed by atoms with Crippen LogP contribution in [0.25, 0.3) is 0 Å². The molecule has 1 amide bonds. The van der Waals surface area contributed by atoms with Gasteiger partial charge < -0.3 is 9.80 Å². The lowest BCUT2D eigenvalue weighted by Gasteiger charge is -2.21. The highest BCUT2D eigenvalue weighted by Crippen LogP contribution is 2.36. The molecule has 0 spiro atoms. The zero-order valence-corrected chi connectivity index (χ0v) is 11.0. The van der Waals surface area contributed by atoms with Crippen LogP contribution in [0, 0.1) is 28.8 Å². The lowest BCUT2D eigenvalue weighted by atomic mass is 10.0. The molecule has 1 heterocycles. The van der Waals surface area contributed by atoms with Crippen molar-refractivity contribution < 1.29 is 18.0 Å². The van der Waals surface area contributed by atoms with Gasteiger partial charge >= 0.3 is 0 Å². The minimum Gasteiger partial charge on any atom is -0.317 e. The van der Waals surface area contributed by atoms with E-state index in [1.165, 1.54) is 0 Å². The maximum atomic E-state index is 13.7. The van der Waals surface area contributed by atoms with Gasteiger partial charge in [0.2, 0.25) is 0 Å². The Hall–Kier alpha value is -2.07. The van der Waals surface area contributed by atoms with E-state index in [0.29, 0.717) is 6.54 Å². The number of amides is 1. The molecule has 106 valence electrons. The molecule has 0 aliphatic carbocycles. The highest BCUT2D eigenvalue weighted by Gasteiger charge is 2.41. The zero-order chi connectivity index (χ0) is 15.0. The van der Waals surface area contributed by atoms with Crippen LogP contribution in [0.1, 0.15) is 22.0 Å². The summed E-state index contributed by atoms with van der Waals surface area (Å²) in [5, 5.41) is 9.12. The predicted molar refractivity (Wildman–Crippen MR) is 64.3 cm³/mol. The van der Waals surface area contributed by atoms with Crippen LogP contribution in [0.15, 0.2) is 6.07 Å². The number of nitriles is 1. The molecule has 1 aliphatic rings. The highest BCUT2D eigenvalue weighted by atomic mass is 19.2. The molecule has 0 saturated heterocycles. The van der Waals surface area contributed by atoms with Crippen LogP contribution in [0.4, 0.5) is 13.2 Å². The van der Waals surface area contributed by atoms with Crippen LogP contribution in [-0.4, -0.2) is 42.9 Å². The summed E-state index contributed by atoms with van der Waals surface area (Å²) in [6, 6.07) is 1.45. The van der Waals surface area contributed by atoms with Crippen molar-refractivity contribution in [2.45, 2.75) is 6.04 Å². The van der Waals surface area contributed by atoms with Crippen molar-refractivity contribution in [1.82, 2.24) is 9.80 Å². The third-order valence-electron chi connectivity index (χ3n) is 3.18. The summed E-state index contributed by atoms with van der Waals surface area (Å²) in [5.41, 5.74) is -0.665. The van der Waals surface area contributed by atoms with E-state index in [2.05, 4.69) is 0 Å². The molecule has 1 aromatic rings. The number of hydrogen-bond donors (Lipinski definition) is 0. The van der Waals surface area contributed by atoms with Gasteiger partial charge in [-0.3, -0.25) is 4.79 Å². The molecule has 4 nitrogen and oxygen atoms in total. The standard InChI is InChI=1S/C13H12F3N3O/c1-18(2)3-4-19-9(6-17)7-5-8(14)11(15)12(16)10(7)13(19)20/h5,9H,3-4H2,1-2H3. The van der Waals surface area contributed by atoms with E-state index in [0.717, 1.165) is 11.0 Å². The lowest BCUT2D eigenvalue weighted by molar-refractivity contribution is 0.0742. The number of rotatable bonds is 3. The first-order valence-electron chi connectivity index (χ1n) is 5.91. The molecule has 20 heavy (non-hydrogen) atoms. The van der Waals surface area contributed by atoms with Gasteiger partial charge in [-0.15, -0.1) is 0 Å². The van der Waals surface area contributed by atoms with E-state index in [4.69, 9.17) is 5.26 Å². The van der Waals surface area contributed by atoms with E-state index >= 15 is 0 Å². The first kappa shape index (κ1) is 14.3. The smallest absolute Gasteiger partial charge is 0.258 e. The number of likely N-dealkylation sites (N-methyl/N-ethyl adjacent to an activating group) is 1. The first-order chi connectivity index (χ1) is 9.38. The Kier molecular flexibility index (Phi) is 3.68. The van der Waals surface area contributed by atoms with Gasteiger partial charge in [-0.25, -0.2) is 13.2 Å². The second-order valence-electron chi connectivity index (χ2n) is 4.78. The summed E-state index contributed by atoms with van der Waals surface area (Å²) in [5.74, 6) is -5.41. The van der Waals surface area contributed by atoms with Crippen molar-refractivity contribution in [2.24, 2.45) is 0 Å². The maximum absolute atomic E-state index is 13.7.